The molecule has 1 rings (SSSR count). The lowest BCUT2D eigenvalue weighted by Crippen LogP contribution is -2.03. The van der Waals surface area contributed by atoms with E-state index in [0.29, 0.717) is 0 Å². The van der Waals surface area contributed by atoms with Gasteiger partial charge in [0.1, 0.15) is 7.85 Å². The van der Waals surface area contributed by atoms with Gasteiger partial charge in [0.25, 0.3) is 0 Å². The molecular formula is C7H10BN. The van der Waals surface area contributed by atoms with E-state index in [0.717, 1.165) is 11.3 Å². The SMILES string of the molecule is Bc1ccc(N)c(C)c1. The maximum atomic E-state index is 5.59. The number of hydrogen-bond donors (Lipinski definition) is 1. The summed E-state index contributed by atoms with van der Waals surface area (Å²) in [6, 6.07) is 6.03. The summed E-state index contributed by atoms with van der Waals surface area (Å²) in [5, 5.41) is 0. The summed E-state index contributed by atoms with van der Waals surface area (Å²) < 4.78 is 0. The van der Waals surface area contributed by atoms with Crippen molar-refractivity contribution in [2.24, 2.45) is 0 Å². The average Bonchev–Trinajstić information content (AvgIpc) is 1.80. The van der Waals surface area contributed by atoms with Crippen LogP contribution in [0.3, 0.4) is 0 Å². The highest BCUT2D eigenvalue weighted by atomic mass is 14.5. The largest absolute Gasteiger partial charge is 0.399 e. The van der Waals surface area contributed by atoms with Gasteiger partial charge in [-0.25, -0.2) is 0 Å². The second-order valence-corrected chi connectivity index (χ2v) is 2.36. The van der Waals surface area contributed by atoms with Crippen LogP contribution < -0.4 is 11.2 Å². The van der Waals surface area contributed by atoms with E-state index in [1.165, 1.54) is 5.46 Å². The van der Waals surface area contributed by atoms with Crippen LogP contribution in [0.5, 0.6) is 0 Å². The van der Waals surface area contributed by atoms with Crippen molar-refractivity contribution in [3.63, 3.8) is 0 Å². The quantitative estimate of drug-likeness (QED) is 0.372. The summed E-state index contributed by atoms with van der Waals surface area (Å²) in [4.78, 5) is 0. The number of hydrogen-bond acceptors (Lipinski definition) is 1. The Bertz CT molecular complexity index is 220. The fraction of sp³-hybridized carbons (Fsp3) is 0.143. The topological polar surface area (TPSA) is 26.0 Å². The van der Waals surface area contributed by atoms with Crippen molar-refractivity contribution < 1.29 is 0 Å². The van der Waals surface area contributed by atoms with Gasteiger partial charge < -0.3 is 5.73 Å². The van der Waals surface area contributed by atoms with Gasteiger partial charge >= 0.3 is 0 Å². The normalized spacial score (nSPS) is 9.44. The first-order valence-corrected chi connectivity index (χ1v) is 3.03. The van der Waals surface area contributed by atoms with Crippen LogP contribution in [-0.2, 0) is 0 Å². The molecule has 1 aromatic rings. The highest BCUT2D eigenvalue weighted by molar-refractivity contribution is 6.32. The van der Waals surface area contributed by atoms with Gasteiger partial charge in [0.2, 0.25) is 0 Å². The highest BCUT2D eigenvalue weighted by Gasteiger charge is 1.89. The van der Waals surface area contributed by atoms with Crippen molar-refractivity contribution in [3.8, 4) is 0 Å². The van der Waals surface area contributed by atoms with Crippen LogP contribution in [0.1, 0.15) is 5.56 Å². The van der Waals surface area contributed by atoms with Gasteiger partial charge in [-0.15, -0.1) is 0 Å². The second-order valence-electron chi connectivity index (χ2n) is 2.36. The van der Waals surface area contributed by atoms with E-state index in [4.69, 9.17) is 5.73 Å². The Morgan fingerprint density at radius 1 is 1.44 bits per heavy atom. The van der Waals surface area contributed by atoms with E-state index in [1.54, 1.807) is 0 Å². The third kappa shape index (κ3) is 1.25. The van der Waals surface area contributed by atoms with Gasteiger partial charge in [0.15, 0.2) is 0 Å². The van der Waals surface area contributed by atoms with Crippen molar-refractivity contribution in [2.75, 3.05) is 5.73 Å². The molecule has 0 fully saturated rings. The average molecular weight is 119 g/mol. The van der Waals surface area contributed by atoms with E-state index in [2.05, 4.69) is 13.9 Å². The fourth-order valence-electron chi connectivity index (χ4n) is 0.826. The number of nitrogens with two attached hydrogens (primary N) is 1. The van der Waals surface area contributed by atoms with Crippen LogP contribution in [0, 0.1) is 6.92 Å². The summed E-state index contributed by atoms with van der Waals surface area (Å²) in [6.07, 6.45) is 0. The van der Waals surface area contributed by atoms with Crippen LogP contribution in [0.4, 0.5) is 5.69 Å². The molecule has 0 aliphatic rings. The van der Waals surface area contributed by atoms with Crippen molar-refractivity contribution in [1.82, 2.24) is 0 Å². The predicted molar refractivity (Wildman–Crippen MR) is 43.8 cm³/mol. The van der Waals surface area contributed by atoms with Gasteiger partial charge in [0, 0.05) is 5.69 Å². The molecule has 0 atom stereocenters. The minimum Gasteiger partial charge on any atom is -0.399 e. The molecule has 0 spiro atoms. The Kier molecular flexibility index (Phi) is 1.47. The number of benzene rings is 1. The van der Waals surface area contributed by atoms with Gasteiger partial charge in [-0.2, -0.15) is 0 Å². The third-order valence-corrected chi connectivity index (χ3v) is 1.43. The number of rotatable bonds is 0. The number of aryl methyl sites for hydroxylation is 1. The lowest BCUT2D eigenvalue weighted by Gasteiger charge is -1.98. The Morgan fingerprint density at radius 3 is 2.56 bits per heavy atom. The Balaban J connectivity index is 3.17. The van der Waals surface area contributed by atoms with Crippen LogP contribution in [-0.4, -0.2) is 7.85 Å². The summed E-state index contributed by atoms with van der Waals surface area (Å²) in [7, 11) is 2.06. The molecule has 2 N–H and O–H groups in total. The smallest absolute Gasteiger partial charge is 0.139 e. The molecule has 0 saturated carbocycles. The van der Waals surface area contributed by atoms with E-state index in [1.807, 2.05) is 19.1 Å². The zero-order valence-electron chi connectivity index (χ0n) is 5.81. The summed E-state index contributed by atoms with van der Waals surface area (Å²) in [5.41, 5.74) is 8.89. The second kappa shape index (κ2) is 2.13. The first-order valence-electron chi connectivity index (χ1n) is 3.03. The van der Waals surface area contributed by atoms with E-state index in [-0.39, 0.29) is 0 Å². The standard InChI is InChI=1S/C7H10BN/c1-5-4-6(8)2-3-7(5)9/h2-4H,8-9H2,1H3. The van der Waals surface area contributed by atoms with Gasteiger partial charge in [-0.3, -0.25) is 0 Å². The van der Waals surface area contributed by atoms with Crippen LogP contribution in [0.15, 0.2) is 18.2 Å². The first-order chi connectivity index (χ1) is 4.20. The number of nitrogen functional groups attached to an aromatic ring is 1. The molecule has 0 heterocycles. The molecule has 9 heavy (non-hydrogen) atoms. The lowest BCUT2D eigenvalue weighted by atomic mass is 9.94. The van der Waals surface area contributed by atoms with Crippen molar-refractivity contribution in [2.45, 2.75) is 6.92 Å². The molecule has 0 aliphatic carbocycles. The first kappa shape index (κ1) is 6.21. The molecule has 0 unspecified atom stereocenters. The molecule has 0 aromatic heterocycles. The van der Waals surface area contributed by atoms with Crippen LogP contribution in [0.2, 0.25) is 0 Å². The van der Waals surface area contributed by atoms with E-state index < -0.39 is 0 Å². The Hall–Kier alpha value is -0.915. The Morgan fingerprint density at radius 2 is 2.11 bits per heavy atom. The predicted octanol–water partition coefficient (Wildman–Crippen LogP) is -0.164. The molecule has 0 saturated heterocycles. The van der Waals surface area contributed by atoms with Crippen LogP contribution in [0.25, 0.3) is 0 Å². The molecule has 0 bridgehead atoms. The van der Waals surface area contributed by atoms with Gasteiger partial charge in [-0.05, 0) is 18.6 Å². The van der Waals surface area contributed by atoms with E-state index in [9.17, 15) is 0 Å². The molecule has 1 nitrogen and oxygen atoms in total. The minimum absolute atomic E-state index is 0.876. The maximum absolute atomic E-state index is 5.59. The molecule has 46 valence electrons. The Labute approximate surface area is 56.3 Å². The zero-order valence-corrected chi connectivity index (χ0v) is 5.81. The third-order valence-electron chi connectivity index (χ3n) is 1.43. The molecule has 0 radical (unpaired) electrons. The number of anilines is 1. The monoisotopic (exact) mass is 119 g/mol. The molecule has 2 heteroatoms. The van der Waals surface area contributed by atoms with E-state index >= 15 is 0 Å². The fourth-order valence-corrected chi connectivity index (χ4v) is 0.826. The molecule has 0 amide bonds. The summed E-state index contributed by atoms with van der Waals surface area (Å²) in [5.74, 6) is 0. The van der Waals surface area contributed by atoms with Crippen molar-refractivity contribution in [3.05, 3.63) is 23.8 Å². The lowest BCUT2D eigenvalue weighted by molar-refractivity contribution is 1.49. The van der Waals surface area contributed by atoms with Crippen molar-refractivity contribution in [1.29, 1.82) is 0 Å². The van der Waals surface area contributed by atoms with Gasteiger partial charge in [-0.1, -0.05) is 17.6 Å². The summed E-state index contributed by atoms with van der Waals surface area (Å²) >= 11 is 0. The minimum atomic E-state index is 0.876. The molecule has 0 aliphatic heterocycles. The highest BCUT2D eigenvalue weighted by Crippen LogP contribution is 2.04. The van der Waals surface area contributed by atoms with Gasteiger partial charge in [0.05, 0.1) is 0 Å². The molecular weight excluding hydrogens is 109 g/mol. The molecule has 1 aromatic carbocycles. The summed E-state index contributed by atoms with van der Waals surface area (Å²) in [6.45, 7) is 2.02. The van der Waals surface area contributed by atoms with Crippen molar-refractivity contribution >= 4 is 19.0 Å². The maximum Gasteiger partial charge on any atom is 0.139 e. The zero-order chi connectivity index (χ0) is 6.85. The van der Waals surface area contributed by atoms with Crippen LogP contribution >= 0.6 is 0 Å².